The number of hydrogen-bond acceptors (Lipinski definition) is 5. The van der Waals surface area contributed by atoms with Crippen molar-refractivity contribution in [3.63, 3.8) is 0 Å². The minimum atomic E-state index is -0.856. The van der Waals surface area contributed by atoms with Crippen LogP contribution in [0, 0.1) is 11.8 Å². The largest absolute Gasteiger partial charge is 0.449 e. The molecular formula is C21H34N4O5. The SMILES string of the molecule is CC(C)COC(=O)N1CCCN(C(=O)CN2C(=O)NC3(CCCCC3C)C2=O)CC1. The van der Waals surface area contributed by atoms with Gasteiger partial charge in [-0.3, -0.25) is 14.5 Å². The number of nitrogens with zero attached hydrogens (tertiary/aromatic N) is 3. The molecule has 0 bridgehead atoms. The first kappa shape index (κ1) is 22.4. The van der Waals surface area contributed by atoms with E-state index in [-0.39, 0.29) is 36.3 Å². The van der Waals surface area contributed by atoms with Crippen LogP contribution in [0.25, 0.3) is 0 Å². The van der Waals surface area contributed by atoms with E-state index < -0.39 is 11.6 Å². The number of ether oxygens (including phenoxy) is 1. The zero-order valence-corrected chi connectivity index (χ0v) is 18.3. The molecule has 0 aromatic heterocycles. The Bertz CT molecular complexity index is 697. The number of urea groups is 1. The fourth-order valence-electron chi connectivity index (χ4n) is 4.55. The van der Waals surface area contributed by atoms with Gasteiger partial charge in [-0.15, -0.1) is 0 Å². The molecule has 30 heavy (non-hydrogen) atoms. The molecule has 168 valence electrons. The molecule has 1 aliphatic carbocycles. The minimum absolute atomic E-state index is 0.0615. The minimum Gasteiger partial charge on any atom is -0.449 e. The Kier molecular flexibility index (Phi) is 6.88. The molecule has 0 aromatic carbocycles. The van der Waals surface area contributed by atoms with E-state index in [1.165, 1.54) is 0 Å². The van der Waals surface area contributed by atoms with Crippen molar-refractivity contribution in [1.82, 2.24) is 20.0 Å². The van der Waals surface area contributed by atoms with E-state index in [2.05, 4.69) is 5.32 Å². The van der Waals surface area contributed by atoms with Gasteiger partial charge in [-0.1, -0.05) is 33.6 Å². The van der Waals surface area contributed by atoms with Gasteiger partial charge < -0.3 is 19.9 Å². The quantitative estimate of drug-likeness (QED) is 0.697. The molecule has 3 fully saturated rings. The van der Waals surface area contributed by atoms with Crippen molar-refractivity contribution in [2.45, 2.75) is 58.4 Å². The van der Waals surface area contributed by atoms with Gasteiger partial charge in [0, 0.05) is 26.2 Å². The van der Waals surface area contributed by atoms with Gasteiger partial charge in [-0.05, 0) is 31.1 Å². The number of carbonyl (C=O) groups is 4. The van der Waals surface area contributed by atoms with E-state index in [9.17, 15) is 19.2 Å². The van der Waals surface area contributed by atoms with Gasteiger partial charge in [0.15, 0.2) is 0 Å². The zero-order chi connectivity index (χ0) is 21.9. The molecule has 1 N–H and O–H groups in total. The first-order valence-corrected chi connectivity index (χ1v) is 11.1. The van der Waals surface area contributed by atoms with Crippen LogP contribution in [-0.4, -0.2) is 83.5 Å². The second-order valence-electron chi connectivity index (χ2n) is 9.13. The number of amides is 5. The summed E-state index contributed by atoms with van der Waals surface area (Å²) in [6, 6.07) is -0.476. The molecule has 0 aromatic rings. The summed E-state index contributed by atoms with van der Waals surface area (Å²) >= 11 is 0. The van der Waals surface area contributed by atoms with Crippen molar-refractivity contribution in [3.8, 4) is 0 Å². The highest BCUT2D eigenvalue weighted by molar-refractivity contribution is 6.09. The Morgan fingerprint density at radius 3 is 2.50 bits per heavy atom. The third-order valence-corrected chi connectivity index (χ3v) is 6.44. The lowest BCUT2D eigenvalue weighted by atomic mass is 9.73. The molecule has 9 heteroatoms. The molecule has 3 aliphatic rings. The van der Waals surface area contributed by atoms with Gasteiger partial charge in [-0.2, -0.15) is 0 Å². The Labute approximate surface area is 178 Å². The van der Waals surface area contributed by atoms with E-state index in [1.807, 2.05) is 20.8 Å². The van der Waals surface area contributed by atoms with Gasteiger partial charge in [0.1, 0.15) is 12.1 Å². The van der Waals surface area contributed by atoms with Crippen molar-refractivity contribution in [3.05, 3.63) is 0 Å². The average Bonchev–Trinajstić information content (AvgIpc) is 2.88. The highest BCUT2D eigenvalue weighted by atomic mass is 16.6. The highest BCUT2D eigenvalue weighted by Gasteiger charge is 2.55. The molecule has 2 heterocycles. The summed E-state index contributed by atoms with van der Waals surface area (Å²) in [4.78, 5) is 54.9. The normalized spacial score (nSPS) is 27.5. The molecule has 2 atom stereocenters. The van der Waals surface area contributed by atoms with Gasteiger partial charge >= 0.3 is 12.1 Å². The highest BCUT2D eigenvalue weighted by Crippen LogP contribution is 2.38. The first-order valence-electron chi connectivity index (χ1n) is 11.1. The smallest absolute Gasteiger partial charge is 0.409 e. The number of imide groups is 1. The van der Waals surface area contributed by atoms with Crippen LogP contribution in [0.2, 0.25) is 0 Å². The van der Waals surface area contributed by atoms with Gasteiger partial charge in [0.25, 0.3) is 5.91 Å². The summed E-state index contributed by atoms with van der Waals surface area (Å²) in [6.07, 6.45) is 3.73. The lowest BCUT2D eigenvalue weighted by Gasteiger charge is -2.36. The van der Waals surface area contributed by atoms with E-state index in [0.717, 1.165) is 24.2 Å². The van der Waals surface area contributed by atoms with Crippen molar-refractivity contribution in [1.29, 1.82) is 0 Å². The maximum Gasteiger partial charge on any atom is 0.409 e. The van der Waals surface area contributed by atoms with Crippen LogP contribution in [0.3, 0.4) is 0 Å². The van der Waals surface area contributed by atoms with E-state index in [1.54, 1.807) is 9.80 Å². The van der Waals surface area contributed by atoms with Crippen LogP contribution in [0.4, 0.5) is 9.59 Å². The summed E-state index contributed by atoms with van der Waals surface area (Å²) in [5.74, 6) is -0.220. The Morgan fingerprint density at radius 2 is 1.80 bits per heavy atom. The molecule has 2 aliphatic heterocycles. The zero-order valence-electron chi connectivity index (χ0n) is 18.3. The van der Waals surface area contributed by atoms with Crippen LogP contribution in [0.15, 0.2) is 0 Å². The molecule has 3 rings (SSSR count). The summed E-state index contributed by atoms with van der Waals surface area (Å²) in [7, 11) is 0. The monoisotopic (exact) mass is 422 g/mol. The summed E-state index contributed by atoms with van der Waals surface area (Å²) in [5, 5.41) is 2.88. The molecule has 0 radical (unpaired) electrons. The Hall–Kier alpha value is -2.32. The molecular weight excluding hydrogens is 388 g/mol. The summed E-state index contributed by atoms with van der Waals surface area (Å²) in [5.41, 5.74) is -0.856. The predicted octanol–water partition coefficient (Wildman–Crippen LogP) is 1.81. The van der Waals surface area contributed by atoms with Gasteiger partial charge in [-0.25, -0.2) is 9.59 Å². The number of rotatable bonds is 4. The molecule has 5 amide bonds. The standard InChI is InChI=1S/C21H34N4O5/c1-15(2)14-30-20(29)24-10-6-9-23(11-12-24)17(26)13-25-18(27)21(22-19(25)28)8-5-4-7-16(21)3/h15-16H,4-14H2,1-3H3,(H,22,28). The average molecular weight is 423 g/mol. The molecule has 2 unspecified atom stereocenters. The van der Waals surface area contributed by atoms with Crippen LogP contribution >= 0.6 is 0 Å². The maximum absolute atomic E-state index is 13.1. The molecule has 2 saturated heterocycles. The Balaban J connectivity index is 1.56. The fourth-order valence-corrected chi connectivity index (χ4v) is 4.55. The first-order chi connectivity index (χ1) is 14.2. The van der Waals surface area contributed by atoms with E-state index in [0.29, 0.717) is 45.6 Å². The topological polar surface area (TPSA) is 99.3 Å². The van der Waals surface area contributed by atoms with Crippen LogP contribution in [-0.2, 0) is 14.3 Å². The van der Waals surface area contributed by atoms with E-state index in [4.69, 9.17) is 4.74 Å². The molecule has 9 nitrogen and oxygen atoms in total. The number of hydrogen-bond donors (Lipinski definition) is 1. The summed E-state index contributed by atoms with van der Waals surface area (Å²) in [6.45, 7) is 7.80. The van der Waals surface area contributed by atoms with Gasteiger partial charge in [0.2, 0.25) is 5.91 Å². The number of nitrogens with one attached hydrogen (secondary N) is 1. The van der Waals surface area contributed by atoms with Crippen LogP contribution in [0.5, 0.6) is 0 Å². The van der Waals surface area contributed by atoms with Crippen molar-refractivity contribution in [2.75, 3.05) is 39.3 Å². The summed E-state index contributed by atoms with van der Waals surface area (Å²) < 4.78 is 5.28. The second-order valence-corrected chi connectivity index (χ2v) is 9.13. The fraction of sp³-hybridized carbons (Fsp3) is 0.810. The lowest BCUT2D eigenvalue weighted by molar-refractivity contribution is -0.140. The van der Waals surface area contributed by atoms with Crippen molar-refractivity contribution < 1.29 is 23.9 Å². The number of carbonyl (C=O) groups excluding carboxylic acids is 4. The third kappa shape index (κ3) is 4.54. The lowest BCUT2D eigenvalue weighted by Crippen LogP contribution is -2.54. The van der Waals surface area contributed by atoms with Gasteiger partial charge in [0.05, 0.1) is 6.61 Å². The second kappa shape index (κ2) is 9.22. The van der Waals surface area contributed by atoms with Crippen molar-refractivity contribution in [2.24, 2.45) is 11.8 Å². The van der Waals surface area contributed by atoms with Crippen LogP contribution < -0.4 is 5.32 Å². The van der Waals surface area contributed by atoms with Crippen molar-refractivity contribution >= 4 is 23.9 Å². The molecule has 1 spiro atoms. The molecule has 1 saturated carbocycles. The Morgan fingerprint density at radius 1 is 1.10 bits per heavy atom. The maximum atomic E-state index is 13.1. The predicted molar refractivity (Wildman–Crippen MR) is 110 cm³/mol. The van der Waals surface area contributed by atoms with Crippen LogP contribution in [0.1, 0.15) is 52.9 Å². The van der Waals surface area contributed by atoms with E-state index >= 15 is 0 Å². The third-order valence-electron chi connectivity index (χ3n) is 6.44.